The zero-order valence-electron chi connectivity index (χ0n) is 9.60. The SMILES string of the molecule is O=C(c1ccc(O)c(Cl)c1)N1CCOC(CCl)C1. The van der Waals surface area contributed by atoms with E-state index in [9.17, 15) is 9.90 Å². The Morgan fingerprint density at radius 1 is 1.56 bits per heavy atom. The van der Waals surface area contributed by atoms with Crippen molar-refractivity contribution in [1.29, 1.82) is 0 Å². The summed E-state index contributed by atoms with van der Waals surface area (Å²) in [4.78, 5) is 13.9. The maximum absolute atomic E-state index is 12.2. The number of hydrogen-bond donors (Lipinski definition) is 1. The predicted molar refractivity (Wildman–Crippen MR) is 69.5 cm³/mol. The van der Waals surface area contributed by atoms with Crippen LogP contribution in [0, 0.1) is 0 Å². The molecule has 98 valence electrons. The Morgan fingerprint density at radius 2 is 2.33 bits per heavy atom. The molecule has 1 fully saturated rings. The van der Waals surface area contributed by atoms with Gasteiger partial charge in [-0.25, -0.2) is 0 Å². The van der Waals surface area contributed by atoms with E-state index in [1.807, 2.05) is 0 Å². The molecule has 1 saturated heterocycles. The molecule has 0 saturated carbocycles. The maximum Gasteiger partial charge on any atom is 0.254 e. The van der Waals surface area contributed by atoms with Crippen LogP contribution in [0.5, 0.6) is 5.75 Å². The van der Waals surface area contributed by atoms with E-state index in [4.69, 9.17) is 27.9 Å². The molecule has 1 N–H and O–H groups in total. The van der Waals surface area contributed by atoms with Crippen LogP contribution in [0.4, 0.5) is 0 Å². The summed E-state index contributed by atoms with van der Waals surface area (Å²) in [6.45, 7) is 1.49. The number of carbonyl (C=O) groups excluding carboxylic acids is 1. The average Bonchev–Trinajstić information content (AvgIpc) is 2.41. The van der Waals surface area contributed by atoms with Crippen LogP contribution in [0.1, 0.15) is 10.4 Å². The van der Waals surface area contributed by atoms with E-state index < -0.39 is 0 Å². The van der Waals surface area contributed by atoms with Gasteiger partial charge in [0.05, 0.1) is 23.6 Å². The summed E-state index contributed by atoms with van der Waals surface area (Å²) >= 11 is 11.5. The molecule has 1 aromatic rings. The molecule has 1 aliphatic heterocycles. The highest BCUT2D eigenvalue weighted by Crippen LogP contribution is 2.24. The number of hydrogen-bond acceptors (Lipinski definition) is 3. The third-order valence-corrected chi connectivity index (χ3v) is 3.44. The van der Waals surface area contributed by atoms with Gasteiger partial charge in [-0.2, -0.15) is 0 Å². The fourth-order valence-corrected chi connectivity index (χ4v) is 2.19. The van der Waals surface area contributed by atoms with E-state index in [2.05, 4.69) is 0 Å². The molecule has 1 amide bonds. The lowest BCUT2D eigenvalue weighted by molar-refractivity contribution is -0.0108. The number of rotatable bonds is 2. The van der Waals surface area contributed by atoms with Gasteiger partial charge in [0, 0.05) is 18.7 Å². The van der Waals surface area contributed by atoms with Gasteiger partial charge in [-0.05, 0) is 18.2 Å². The van der Waals surface area contributed by atoms with Crippen molar-refractivity contribution < 1.29 is 14.6 Å². The first-order chi connectivity index (χ1) is 8.61. The predicted octanol–water partition coefficient (Wildman–Crippen LogP) is 2.13. The molecule has 0 aromatic heterocycles. The number of morpholine rings is 1. The molecular formula is C12H13Cl2NO3. The molecular weight excluding hydrogens is 277 g/mol. The van der Waals surface area contributed by atoms with Crippen LogP contribution >= 0.6 is 23.2 Å². The molecule has 2 rings (SSSR count). The van der Waals surface area contributed by atoms with Gasteiger partial charge in [0.2, 0.25) is 0 Å². The second-order valence-electron chi connectivity index (χ2n) is 4.06. The third-order valence-electron chi connectivity index (χ3n) is 2.79. The van der Waals surface area contributed by atoms with Crippen molar-refractivity contribution in [3.05, 3.63) is 28.8 Å². The Kier molecular flexibility index (Phi) is 4.32. The summed E-state index contributed by atoms with van der Waals surface area (Å²) in [6, 6.07) is 4.42. The minimum atomic E-state index is -0.129. The van der Waals surface area contributed by atoms with E-state index in [0.29, 0.717) is 31.1 Å². The molecule has 0 bridgehead atoms. The lowest BCUT2D eigenvalue weighted by Gasteiger charge is -2.32. The third kappa shape index (κ3) is 2.88. The molecule has 1 aromatic carbocycles. The van der Waals surface area contributed by atoms with Crippen molar-refractivity contribution in [3.63, 3.8) is 0 Å². The Labute approximate surface area is 115 Å². The number of ether oxygens (including phenoxy) is 1. The van der Waals surface area contributed by atoms with Crippen molar-refractivity contribution >= 4 is 29.1 Å². The van der Waals surface area contributed by atoms with Crippen LogP contribution in [0.3, 0.4) is 0 Å². The van der Waals surface area contributed by atoms with Crippen LogP contribution < -0.4 is 0 Å². The lowest BCUT2D eigenvalue weighted by Crippen LogP contribution is -2.46. The Bertz CT molecular complexity index is 453. The van der Waals surface area contributed by atoms with E-state index in [1.54, 1.807) is 11.0 Å². The summed E-state index contributed by atoms with van der Waals surface area (Å²) in [6.07, 6.45) is -0.128. The number of carbonyl (C=O) groups is 1. The van der Waals surface area contributed by atoms with Gasteiger partial charge in [-0.1, -0.05) is 11.6 Å². The van der Waals surface area contributed by atoms with Crippen LogP contribution in [0.25, 0.3) is 0 Å². The van der Waals surface area contributed by atoms with Crippen molar-refractivity contribution in [1.82, 2.24) is 4.90 Å². The number of amides is 1. The fraction of sp³-hybridized carbons (Fsp3) is 0.417. The first-order valence-corrected chi connectivity index (χ1v) is 6.48. The molecule has 18 heavy (non-hydrogen) atoms. The minimum Gasteiger partial charge on any atom is -0.506 e. The van der Waals surface area contributed by atoms with E-state index in [-0.39, 0.29) is 22.8 Å². The van der Waals surface area contributed by atoms with Crippen LogP contribution in [0.15, 0.2) is 18.2 Å². The van der Waals surface area contributed by atoms with Gasteiger partial charge in [-0.15, -0.1) is 11.6 Å². The van der Waals surface area contributed by atoms with Crippen molar-refractivity contribution in [2.24, 2.45) is 0 Å². The number of alkyl halides is 1. The molecule has 1 aliphatic rings. The highest BCUT2D eigenvalue weighted by molar-refractivity contribution is 6.32. The quantitative estimate of drug-likeness (QED) is 0.849. The second-order valence-corrected chi connectivity index (χ2v) is 4.78. The monoisotopic (exact) mass is 289 g/mol. The topological polar surface area (TPSA) is 49.8 Å². The zero-order chi connectivity index (χ0) is 13.1. The number of phenolic OH excluding ortho intramolecular Hbond substituents is 1. The summed E-state index contributed by atoms with van der Waals surface area (Å²) < 4.78 is 5.39. The number of phenols is 1. The molecule has 6 heteroatoms. The van der Waals surface area contributed by atoms with Gasteiger partial charge in [-0.3, -0.25) is 4.79 Å². The van der Waals surface area contributed by atoms with Crippen molar-refractivity contribution in [3.8, 4) is 5.75 Å². The smallest absolute Gasteiger partial charge is 0.254 e. The number of benzene rings is 1. The molecule has 0 spiro atoms. The Morgan fingerprint density at radius 3 is 3.00 bits per heavy atom. The van der Waals surface area contributed by atoms with E-state index in [0.717, 1.165) is 0 Å². The minimum absolute atomic E-state index is 0.0335. The van der Waals surface area contributed by atoms with E-state index in [1.165, 1.54) is 12.1 Å². The molecule has 1 unspecified atom stereocenters. The first kappa shape index (κ1) is 13.5. The van der Waals surface area contributed by atoms with Crippen LogP contribution in [-0.4, -0.2) is 47.6 Å². The van der Waals surface area contributed by atoms with Gasteiger partial charge in [0.15, 0.2) is 0 Å². The number of aromatic hydroxyl groups is 1. The molecule has 4 nitrogen and oxygen atoms in total. The first-order valence-electron chi connectivity index (χ1n) is 5.57. The van der Waals surface area contributed by atoms with Crippen molar-refractivity contribution in [2.45, 2.75) is 6.10 Å². The standard InChI is InChI=1S/C12H13Cl2NO3/c13-6-9-7-15(3-4-18-9)12(17)8-1-2-11(16)10(14)5-8/h1-2,5,9,16H,3-4,6-7H2. The van der Waals surface area contributed by atoms with Crippen LogP contribution in [-0.2, 0) is 4.74 Å². The molecule has 0 radical (unpaired) electrons. The number of nitrogens with zero attached hydrogens (tertiary/aromatic N) is 1. The summed E-state index contributed by atoms with van der Waals surface area (Å²) in [5, 5.41) is 9.49. The van der Waals surface area contributed by atoms with Gasteiger partial charge in [0.1, 0.15) is 5.75 Å². The highest BCUT2D eigenvalue weighted by Gasteiger charge is 2.24. The van der Waals surface area contributed by atoms with Crippen molar-refractivity contribution in [2.75, 3.05) is 25.6 Å². The Balaban J connectivity index is 2.12. The number of halogens is 2. The van der Waals surface area contributed by atoms with Gasteiger partial charge in [0.25, 0.3) is 5.91 Å². The largest absolute Gasteiger partial charge is 0.506 e. The second kappa shape index (κ2) is 5.78. The normalized spacial score (nSPS) is 19.9. The van der Waals surface area contributed by atoms with Crippen LogP contribution in [0.2, 0.25) is 5.02 Å². The average molecular weight is 290 g/mol. The molecule has 1 atom stereocenters. The molecule has 0 aliphatic carbocycles. The zero-order valence-corrected chi connectivity index (χ0v) is 11.1. The Hall–Kier alpha value is -0.970. The summed E-state index contributed by atoms with van der Waals surface area (Å²) in [5.74, 6) is 0.198. The lowest BCUT2D eigenvalue weighted by atomic mass is 10.1. The van der Waals surface area contributed by atoms with Gasteiger partial charge < -0.3 is 14.7 Å². The highest BCUT2D eigenvalue weighted by atomic mass is 35.5. The maximum atomic E-state index is 12.2. The van der Waals surface area contributed by atoms with E-state index >= 15 is 0 Å². The van der Waals surface area contributed by atoms with Gasteiger partial charge >= 0.3 is 0 Å². The summed E-state index contributed by atoms with van der Waals surface area (Å²) in [5.41, 5.74) is 0.452. The fourth-order valence-electron chi connectivity index (χ4n) is 1.82. The molecule has 1 heterocycles. The summed E-state index contributed by atoms with van der Waals surface area (Å²) in [7, 11) is 0.